The van der Waals surface area contributed by atoms with Gasteiger partial charge >= 0.3 is 0 Å². The van der Waals surface area contributed by atoms with E-state index in [4.69, 9.17) is 4.52 Å². The number of carbonyl (C=O) groups excluding carboxylic acids is 1. The number of aromatic nitrogens is 4. The zero-order valence-electron chi connectivity index (χ0n) is 15.8. The lowest BCUT2D eigenvalue weighted by atomic mass is 10.2. The van der Waals surface area contributed by atoms with E-state index in [1.807, 2.05) is 34.9 Å². The van der Waals surface area contributed by atoms with E-state index in [-0.39, 0.29) is 17.7 Å². The molecule has 2 heterocycles. The van der Waals surface area contributed by atoms with E-state index in [0.717, 1.165) is 11.5 Å². The fourth-order valence-corrected chi connectivity index (χ4v) is 3.23. The first-order valence-corrected chi connectivity index (χ1v) is 9.61. The summed E-state index contributed by atoms with van der Waals surface area (Å²) in [6, 6.07) is 11.8. The molecule has 1 atom stereocenters. The van der Waals surface area contributed by atoms with Gasteiger partial charge in [-0.1, -0.05) is 35.1 Å². The van der Waals surface area contributed by atoms with Crippen LogP contribution in [0, 0.1) is 6.92 Å². The summed E-state index contributed by atoms with van der Waals surface area (Å²) in [6.07, 6.45) is 0. The number of para-hydroxylation sites is 1. The molecule has 0 fully saturated rings. The first-order valence-electron chi connectivity index (χ1n) is 8.62. The van der Waals surface area contributed by atoms with Gasteiger partial charge in [0.15, 0.2) is 16.8 Å². The van der Waals surface area contributed by atoms with Crippen molar-refractivity contribution in [3.8, 4) is 5.69 Å². The average Bonchev–Trinajstić information content (AvgIpc) is 3.26. The lowest BCUT2D eigenvalue weighted by Gasteiger charge is -2.18. The smallest absolute Gasteiger partial charge is 0.236 e. The molecule has 1 aromatic carbocycles. The second kappa shape index (κ2) is 8.36. The van der Waals surface area contributed by atoms with E-state index in [2.05, 4.69) is 41.7 Å². The monoisotopic (exact) mass is 387 g/mol. The maximum Gasteiger partial charge on any atom is 0.236 e. The molecule has 0 unspecified atom stereocenters. The summed E-state index contributed by atoms with van der Waals surface area (Å²) < 4.78 is 6.97. The number of hydrogen-bond donors (Lipinski definition) is 2. The number of quaternary nitrogens is 1. The van der Waals surface area contributed by atoms with Gasteiger partial charge in [0, 0.05) is 11.8 Å². The number of rotatable bonds is 7. The van der Waals surface area contributed by atoms with Crippen molar-refractivity contribution in [2.24, 2.45) is 0 Å². The highest BCUT2D eigenvalue weighted by Crippen LogP contribution is 2.24. The van der Waals surface area contributed by atoms with E-state index in [0.29, 0.717) is 16.7 Å². The van der Waals surface area contributed by atoms with Gasteiger partial charge in [0.2, 0.25) is 5.91 Å². The summed E-state index contributed by atoms with van der Waals surface area (Å²) in [5, 5.41) is 15.9. The standard InChI is InChI=1S/C18H22N6O2S/c1-12-10-15(22-26-12)19-16(25)11-27-18-21-20-17(13(2)23(3)4)24(18)14-8-6-5-7-9-14/h5-10,13H,11H2,1-4H3,(H,19,22,25)/p+1/t13-/m1/s1. The fourth-order valence-electron chi connectivity index (χ4n) is 2.47. The van der Waals surface area contributed by atoms with Crippen LogP contribution < -0.4 is 10.2 Å². The number of anilines is 1. The molecule has 0 saturated carbocycles. The van der Waals surface area contributed by atoms with Crippen LogP contribution in [0.25, 0.3) is 5.69 Å². The third kappa shape index (κ3) is 4.55. The topological polar surface area (TPSA) is 90.3 Å². The minimum Gasteiger partial charge on any atom is -0.360 e. The molecular formula is C18H23N6O2S+. The van der Waals surface area contributed by atoms with Crippen molar-refractivity contribution >= 4 is 23.5 Å². The summed E-state index contributed by atoms with van der Waals surface area (Å²) in [4.78, 5) is 13.5. The number of aryl methyl sites for hydroxylation is 1. The van der Waals surface area contributed by atoms with Gasteiger partial charge in [-0.15, -0.1) is 10.2 Å². The molecule has 1 amide bonds. The van der Waals surface area contributed by atoms with E-state index in [1.165, 1.54) is 16.7 Å². The Hall–Kier alpha value is -2.65. The Morgan fingerprint density at radius 2 is 2.04 bits per heavy atom. The molecule has 0 saturated heterocycles. The van der Waals surface area contributed by atoms with Gasteiger partial charge in [0.25, 0.3) is 0 Å². The summed E-state index contributed by atoms with van der Waals surface area (Å²) in [5.41, 5.74) is 0.973. The molecule has 0 aliphatic carbocycles. The molecule has 0 aliphatic heterocycles. The average molecular weight is 387 g/mol. The van der Waals surface area contributed by atoms with E-state index in [9.17, 15) is 4.79 Å². The van der Waals surface area contributed by atoms with Crippen LogP contribution in [0.1, 0.15) is 24.6 Å². The Morgan fingerprint density at radius 3 is 2.67 bits per heavy atom. The van der Waals surface area contributed by atoms with Crippen LogP contribution in [0.15, 0.2) is 46.1 Å². The minimum atomic E-state index is -0.177. The largest absolute Gasteiger partial charge is 0.360 e. The quantitative estimate of drug-likeness (QED) is 0.597. The van der Waals surface area contributed by atoms with Gasteiger partial charge in [-0.25, -0.2) is 0 Å². The molecule has 3 aromatic rings. The second-order valence-corrected chi connectivity index (χ2v) is 7.41. The van der Waals surface area contributed by atoms with Crippen molar-refractivity contribution in [3.63, 3.8) is 0 Å². The molecule has 142 valence electrons. The normalized spacial score (nSPS) is 12.3. The maximum atomic E-state index is 12.2. The lowest BCUT2D eigenvalue weighted by Crippen LogP contribution is -3.05. The molecule has 2 aromatic heterocycles. The van der Waals surface area contributed by atoms with Crippen molar-refractivity contribution in [3.05, 3.63) is 48.0 Å². The molecule has 3 rings (SSSR count). The summed E-state index contributed by atoms with van der Waals surface area (Å²) in [6.45, 7) is 3.88. The molecule has 9 heteroatoms. The second-order valence-electron chi connectivity index (χ2n) is 6.47. The summed E-state index contributed by atoms with van der Waals surface area (Å²) in [5.74, 6) is 1.93. The van der Waals surface area contributed by atoms with Crippen LogP contribution in [-0.2, 0) is 4.79 Å². The van der Waals surface area contributed by atoms with E-state index >= 15 is 0 Å². The summed E-state index contributed by atoms with van der Waals surface area (Å²) in [7, 11) is 4.16. The van der Waals surface area contributed by atoms with Gasteiger partial charge in [-0.2, -0.15) is 0 Å². The first-order chi connectivity index (χ1) is 13.0. The lowest BCUT2D eigenvalue weighted by molar-refractivity contribution is -0.890. The number of hydrogen-bond acceptors (Lipinski definition) is 6. The fraction of sp³-hybridized carbons (Fsp3) is 0.333. The highest BCUT2D eigenvalue weighted by atomic mass is 32.2. The number of carbonyl (C=O) groups is 1. The van der Waals surface area contributed by atoms with Crippen LogP contribution in [0.3, 0.4) is 0 Å². The van der Waals surface area contributed by atoms with Crippen LogP contribution >= 0.6 is 11.8 Å². The minimum absolute atomic E-state index is 0.152. The van der Waals surface area contributed by atoms with Crippen LogP contribution in [0.5, 0.6) is 0 Å². The number of benzene rings is 1. The number of nitrogens with zero attached hydrogens (tertiary/aromatic N) is 4. The Balaban J connectivity index is 1.79. The van der Waals surface area contributed by atoms with Crippen molar-refractivity contribution < 1.29 is 14.2 Å². The van der Waals surface area contributed by atoms with Crippen molar-refractivity contribution in [1.82, 2.24) is 19.9 Å². The van der Waals surface area contributed by atoms with Gasteiger partial charge in [-0.3, -0.25) is 9.36 Å². The Morgan fingerprint density at radius 1 is 1.30 bits per heavy atom. The highest BCUT2D eigenvalue weighted by molar-refractivity contribution is 7.99. The third-order valence-corrected chi connectivity index (χ3v) is 5.08. The van der Waals surface area contributed by atoms with Crippen molar-refractivity contribution in [2.45, 2.75) is 25.0 Å². The van der Waals surface area contributed by atoms with Gasteiger partial charge in [0.1, 0.15) is 11.8 Å². The SMILES string of the molecule is Cc1cc(NC(=O)CSc2nnc([C@@H](C)[NH+](C)C)n2-c2ccccc2)no1. The molecule has 0 aliphatic rings. The molecule has 0 bridgehead atoms. The van der Waals surface area contributed by atoms with Crippen molar-refractivity contribution in [1.29, 1.82) is 0 Å². The van der Waals surface area contributed by atoms with E-state index in [1.54, 1.807) is 13.0 Å². The number of thioether (sulfide) groups is 1. The van der Waals surface area contributed by atoms with Gasteiger partial charge in [0.05, 0.1) is 19.8 Å². The molecule has 0 spiro atoms. The highest BCUT2D eigenvalue weighted by Gasteiger charge is 2.23. The zero-order valence-corrected chi connectivity index (χ0v) is 16.6. The van der Waals surface area contributed by atoms with Crippen LogP contribution in [0.4, 0.5) is 5.82 Å². The molecule has 27 heavy (non-hydrogen) atoms. The Labute approximate surface area is 161 Å². The maximum absolute atomic E-state index is 12.2. The van der Waals surface area contributed by atoms with Crippen LogP contribution in [0.2, 0.25) is 0 Å². The number of amides is 1. The Kier molecular flexibility index (Phi) is 5.92. The first kappa shape index (κ1) is 19.1. The van der Waals surface area contributed by atoms with Crippen LogP contribution in [-0.4, -0.2) is 45.7 Å². The predicted molar refractivity (Wildman–Crippen MR) is 103 cm³/mol. The van der Waals surface area contributed by atoms with Crippen molar-refractivity contribution in [2.75, 3.05) is 25.2 Å². The summed E-state index contributed by atoms with van der Waals surface area (Å²) >= 11 is 1.34. The predicted octanol–water partition coefficient (Wildman–Crippen LogP) is 1.50. The molecule has 2 N–H and O–H groups in total. The molecule has 0 radical (unpaired) electrons. The Bertz CT molecular complexity index is 906. The van der Waals surface area contributed by atoms with Gasteiger partial charge in [-0.05, 0) is 26.0 Å². The zero-order chi connectivity index (χ0) is 19.4. The van der Waals surface area contributed by atoms with E-state index < -0.39 is 0 Å². The van der Waals surface area contributed by atoms with Gasteiger partial charge < -0.3 is 14.7 Å². The molecular weight excluding hydrogens is 364 g/mol. The molecule has 8 nitrogen and oxygen atoms in total. The third-order valence-electron chi connectivity index (χ3n) is 4.15. The number of nitrogens with one attached hydrogen (secondary N) is 2.